The van der Waals surface area contributed by atoms with Crippen molar-refractivity contribution in [2.75, 3.05) is 13.7 Å². The lowest BCUT2D eigenvalue weighted by molar-refractivity contribution is 0.0842. The van der Waals surface area contributed by atoms with Gasteiger partial charge in [-0.05, 0) is 24.2 Å². The first-order chi connectivity index (χ1) is 5.24. The molecule has 0 saturated heterocycles. The minimum absolute atomic E-state index is 0.823. The van der Waals surface area contributed by atoms with Crippen molar-refractivity contribution in [3.63, 3.8) is 0 Å². The van der Waals surface area contributed by atoms with Crippen molar-refractivity contribution >= 4 is 0 Å². The second-order valence-electron chi connectivity index (χ2n) is 4.11. The molecule has 3 atom stereocenters. The average molecular weight is 156 g/mol. The first-order valence-corrected chi connectivity index (χ1v) is 4.73. The third-order valence-electron chi connectivity index (χ3n) is 3.01. The zero-order chi connectivity index (χ0) is 8.27. The van der Waals surface area contributed by atoms with Gasteiger partial charge in [0.25, 0.3) is 0 Å². The molecule has 0 aromatic heterocycles. The molecule has 0 aliphatic heterocycles. The highest BCUT2D eigenvalue weighted by atomic mass is 16.5. The molecule has 0 spiro atoms. The molecule has 1 aliphatic carbocycles. The van der Waals surface area contributed by atoms with Gasteiger partial charge in [0.2, 0.25) is 0 Å². The molecule has 0 amide bonds. The van der Waals surface area contributed by atoms with E-state index in [1.165, 1.54) is 19.3 Å². The van der Waals surface area contributed by atoms with Gasteiger partial charge in [-0.25, -0.2) is 0 Å². The molecule has 1 unspecified atom stereocenters. The smallest absolute Gasteiger partial charge is 0.0493 e. The van der Waals surface area contributed by atoms with Crippen LogP contribution in [0.25, 0.3) is 0 Å². The standard InChI is InChI=1S/C10H20O/c1-8-4-5-9(2)10(6-8)7-11-3/h8-10H,4-7H2,1-3H3/t8-,9?,10+/m0/s1. The molecule has 11 heavy (non-hydrogen) atoms. The Morgan fingerprint density at radius 2 is 2.00 bits per heavy atom. The summed E-state index contributed by atoms with van der Waals surface area (Å²) < 4.78 is 5.20. The van der Waals surface area contributed by atoms with E-state index in [1.807, 2.05) is 7.11 Å². The maximum atomic E-state index is 5.20. The molecule has 1 nitrogen and oxygen atoms in total. The third kappa shape index (κ3) is 2.48. The lowest BCUT2D eigenvalue weighted by Crippen LogP contribution is -2.25. The fraction of sp³-hybridized carbons (Fsp3) is 1.00. The molecule has 0 aromatic rings. The largest absolute Gasteiger partial charge is 0.384 e. The summed E-state index contributed by atoms with van der Waals surface area (Å²) in [6, 6.07) is 0. The summed E-state index contributed by atoms with van der Waals surface area (Å²) >= 11 is 0. The molecule has 0 aromatic carbocycles. The van der Waals surface area contributed by atoms with Crippen LogP contribution in [0.4, 0.5) is 0 Å². The van der Waals surface area contributed by atoms with Crippen molar-refractivity contribution in [2.45, 2.75) is 33.1 Å². The Morgan fingerprint density at radius 1 is 1.27 bits per heavy atom. The van der Waals surface area contributed by atoms with E-state index in [0.717, 1.165) is 24.4 Å². The quantitative estimate of drug-likeness (QED) is 0.597. The van der Waals surface area contributed by atoms with Crippen LogP contribution in [0, 0.1) is 17.8 Å². The molecule has 66 valence electrons. The number of ether oxygens (including phenoxy) is 1. The van der Waals surface area contributed by atoms with Crippen LogP contribution in [0.3, 0.4) is 0 Å². The highest BCUT2D eigenvalue weighted by molar-refractivity contribution is 4.75. The van der Waals surface area contributed by atoms with Gasteiger partial charge in [0.15, 0.2) is 0 Å². The normalized spacial score (nSPS) is 39.0. The van der Waals surface area contributed by atoms with E-state index in [-0.39, 0.29) is 0 Å². The second kappa shape index (κ2) is 4.10. The molecular formula is C10H20O. The summed E-state index contributed by atoms with van der Waals surface area (Å²) in [5, 5.41) is 0. The van der Waals surface area contributed by atoms with Crippen LogP contribution < -0.4 is 0 Å². The lowest BCUT2D eigenvalue weighted by atomic mass is 9.76. The number of rotatable bonds is 2. The monoisotopic (exact) mass is 156 g/mol. The predicted molar refractivity (Wildman–Crippen MR) is 47.5 cm³/mol. The van der Waals surface area contributed by atoms with Crippen molar-refractivity contribution in [3.8, 4) is 0 Å². The highest BCUT2D eigenvalue weighted by Crippen LogP contribution is 2.33. The van der Waals surface area contributed by atoms with Crippen LogP contribution in [0.15, 0.2) is 0 Å². The SMILES string of the molecule is COC[C@H]1C[C@@H](C)CCC1C. The van der Waals surface area contributed by atoms with Gasteiger partial charge in [-0.2, -0.15) is 0 Å². The first kappa shape index (κ1) is 9.05. The Labute approximate surface area is 70.1 Å². The topological polar surface area (TPSA) is 9.23 Å². The molecule has 1 heteroatoms. The van der Waals surface area contributed by atoms with Crippen LogP contribution in [0.2, 0.25) is 0 Å². The summed E-state index contributed by atoms with van der Waals surface area (Å²) in [5.41, 5.74) is 0. The Hall–Kier alpha value is -0.0400. The number of methoxy groups -OCH3 is 1. The predicted octanol–water partition coefficient (Wildman–Crippen LogP) is 2.71. The second-order valence-corrected chi connectivity index (χ2v) is 4.11. The van der Waals surface area contributed by atoms with Crippen molar-refractivity contribution in [2.24, 2.45) is 17.8 Å². The Bertz CT molecular complexity index is 111. The average Bonchev–Trinajstić information content (AvgIpc) is 1.98. The highest BCUT2D eigenvalue weighted by Gasteiger charge is 2.24. The zero-order valence-electron chi connectivity index (χ0n) is 7.97. The van der Waals surface area contributed by atoms with Crippen LogP contribution in [-0.4, -0.2) is 13.7 Å². The number of hydrogen-bond donors (Lipinski definition) is 0. The first-order valence-electron chi connectivity index (χ1n) is 4.73. The van der Waals surface area contributed by atoms with E-state index < -0.39 is 0 Å². The molecule has 1 fully saturated rings. The summed E-state index contributed by atoms with van der Waals surface area (Å²) in [5.74, 6) is 2.63. The van der Waals surface area contributed by atoms with Crippen LogP contribution in [0.1, 0.15) is 33.1 Å². The fourth-order valence-corrected chi connectivity index (χ4v) is 2.10. The van der Waals surface area contributed by atoms with Gasteiger partial charge in [0.05, 0.1) is 0 Å². The Morgan fingerprint density at radius 3 is 2.64 bits per heavy atom. The van der Waals surface area contributed by atoms with E-state index in [2.05, 4.69) is 13.8 Å². The van der Waals surface area contributed by atoms with E-state index in [0.29, 0.717) is 0 Å². The molecular weight excluding hydrogens is 136 g/mol. The molecule has 0 bridgehead atoms. The molecule has 0 heterocycles. The number of hydrogen-bond acceptors (Lipinski definition) is 1. The summed E-state index contributed by atoms with van der Waals surface area (Å²) in [7, 11) is 1.81. The van der Waals surface area contributed by atoms with Crippen molar-refractivity contribution in [1.82, 2.24) is 0 Å². The van der Waals surface area contributed by atoms with Crippen LogP contribution in [0.5, 0.6) is 0 Å². The molecule has 1 rings (SSSR count). The third-order valence-corrected chi connectivity index (χ3v) is 3.01. The van der Waals surface area contributed by atoms with Crippen molar-refractivity contribution < 1.29 is 4.74 Å². The zero-order valence-corrected chi connectivity index (χ0v) is 7.97. The minimum Gasteiger partial charge on any atom is -0.384 e. The van der Waals surface area contributed by atoms with E-state index in [1.54, 1.807) is 0 Å². The van der Waals surface area contributed by atoms with Gasteiger partial charge in [0, 0.05) is 13.7 Å². The maximum absolute atomic E-state index is 5.20. The Kier molecular flexibility index (Phi) is 3.38. The maximum Gasteiger partial charge on any atom is 0.0493 e. The Balaban J connectivity index is 2.34. The molecule has 0 N–H and O–H groups in total. The minimum atomic E-state index is 0.823. The van der Waals surface area contributed by atoms with Gasteiger partial charge in [-0.15, -0.1) is 0 Å². The fourth-order valence-electron chi connectivity index (χ4n) is 2.10. The van der Waals surface area contributed by atoms with E-state index in [9.17, 15) is 0 Å². The molecule has 1 saturated carbocycles. The summed E-state index contributed by atoms with van der Waals surface area (Å²) in [6.07, 6.45) is 4.19. The molecule has 1 aliphatic rings. The van der Waals surface area contributed by atoms with E-state index >= 15 is 0 Å². The summed E-state index contributed by atoms with van der Waals surface area (Å²) in [4.78, 5) is 0. The summed E-state index contributed by atoms with van der Waals surface area (Å²) in [6.45, 7) is 5.68. The van der Waals surface area contributed by atoms with E-state index in [4.69, 9.17) is 4.74 Å². The van der Waals surface area contributed by atoms with Crippen molar-refractivity contribution in [1.29, 1.82) is 0 Å². The van der Waals surface area contributed by atoms with Crippen LogP contribution >= 0.6 is 0 Å². The van der Waals surface area contributed by atoms with Gasteiger partial charge in [-0.3, -0.25) is 0 Å². The lowest BCUT2D eigenvalue weighted by Gasteiger charge is -2.32. The molecule has 0 radical (unpaired) electrons. The van der Waals surface area contributed by atoms with Gasteiger partial charge in [-0.1, -0.05) is 26.7 Å². The van der Waals surface area contributed by atoms with Crippen LogP contribution in [-0.2, 0) is 4.74 Å². The van der Waals surface area contributed by atoms with Gasteiger partial charge < -0.3 is 4.74 Å². The van der Waals surface area contributed by atoms with Crippen molar-refractivity contribution in [3.05, 3.63) is 0 Å². The van der Waals surface area contributed by atoms with Gasteiger partial charge in [0.1, 0.15) is 0 Å². The van der Waals surface area contributed by atoms with Gasteiger partial charge >= 0.3 is 0 Å².